The van der Waals surface area contributed by atoms with E-state index in [1.54, 1.807) is 13.1 Å². The van der Waals surface area contributed by atoms with Gasteiger partial charge in [0.1, 0.15) is 11.6 Å². The molecule has 2 atom stereocenters. The van der Waals surface area contributed by atoms with E-state index in [2.05, 4.69) is 15.6 Å². The number of aromatic nitrogens is 1. The molecule has 1 aliphatic heterocycles. The minimum absolute atomic E-state index is 0.0449. The van der Waals surface area contributed by atoms with Crippen molar-refractivity contribution in [3.63, 3.8) is 0 Å². The first-order valence-corrected chi connectivity index (χ1v) is 7.11. The van der Waals surface area contributed by atoms with Crippen LogP contribution in [0.5, 0.6) is 0 Å². The van der Waals surface area contributed by atoms with Gasteiger partial charge in [-0.05, 0) is 19.4 Å². The minimum atomic E-state index is -0.279. The highest BCUT2D eigenvalue weighted by molar-refractivity contribution is 5.85. The summed E-state index contributed by atoms with van der Waals surface area (Å²) >= 11 is 0. The van der Waals surface area contributed by atoms with E-state index in [-0.39, 0.29) is 23.7 Å². The number of amides is 1. The predicted molar refractivity (Wildman–Crippen MR) is 81.0 cm³/mol. The van der Waals surface area contributed by atoms with Gasteiger partial charge >= 0.3 is 0 Å². The van der Waals surface area contributed by atoms with Crippen molar-refractivity contribution in [1.82, 2.24) is 15.6 Å². The second-order valence-corrected chi connectivity index (χ2v) is 5.60. The lowest BCUT2D eigenvalue weighted by atomic mass is 10.0. The van der Waals surface area contributed by atoms with Crippen molar-refractivity contribution in [2.75, 3.05) is 25.5 Å². The van der Waals surface area contributed by atoms with Crippen LogP contribution in [0, 0.1) is 5.92 Å². The molecule has 1 fully saturated rings. The first-order chi connectivity index (χ1) is 9.99. The quantitative estimate of drug-likeness (QED) is 0.817. The molecule has 1 aromatic heterocycles. The van der Waals surface area contributed by atoms with Gasteiger partial charge in [0, 0.05) is 44.9 Å². The maximum atomic E-state index is 12.1. The van der Waals surface area contributed by atoms with Crippen molar-refractivity contribution in [3.05, 3.63) is 23.9 Å². The molecule has 0 spiro atoms. The fourth-order valence-corrected chi connectivity index (χ4v) is 2.52. The Bertz CT molecular complexity index is 530. The van der Waals surface area contributed by atoms with E-state index in [1.165, 1.54) is 0 Å². The zero-order valence-corrected chi connectivity index (χ0v) is 12.7. The normalized spacial score (nSPS) is 21.1. The summed E-state index contributed by atoms with van der Waals surface area (Å²) in [4.78, 5) is 29.7. The second-order valence-electron chi connectivity index (χ2n) is 5.60. The Labute approximate surface area is 124 Å². The lowest BCUT2D eigenvalue weighted by Crippen LogP contribution is -2.40. The van der Waals surface area contributed by atoms with Crippen molar-refractivity contribution in [2.24, 2.45) is 5.92 Å². The summed E-state index contributed by atoms with van der Waals surface area (Å²) in [5.74, 6) is 0.877. The molecular formula is C15H22N4O2. The molecule has 2 N–H and O–H groups in total. The van der Waals surface area contributed by atoms with E-state index in [0.29, 0.717) is 19.5 Å². The summed E-state index contributed by atoms with van der Waals surface area (Å²) in [6.07, 6.45) is 2.31. The van der Waals surface area contributed by atoms with Crippen molar-refractivity contribution in [3.8, 4) is 0 Å². The number of nitrogens with one attached hydrogen (secondary N) is 2. The zero-order valence-electron chi connectivity index (χ0n) is 12.7. The van der Waals surface area contributed by atoms with Gasteiger partial charge in [0.2, 0.25) is 5.91 Å². The maximum absolute atomic E-state index is 12.1. The third-order valence-electron chi connectivity index (χ3n) is 3.77. The van der Waals surface area contributed by atoms with Crippen molar-refractivity contribution >= 4 is 17.5 Å². The van der Waals surface area contributed by atoms with Crippen LogP contribution in [0.15, 0.2) is 18.3 Å². The van der Waals surface area contributed by atoms with Gasteiger partial charge in [-0.3, -0.25) is 9.59 Å². The van der Waals surface area contributed by atoms with Crippen LogP contribution in [0.2, 0.25) is 0 Å². The van der Waals surface area contributed by atoms with Crippen molar-refractivity contribution in [2.45, 2.75) is 25.9 Å². The van der Waals surface area contributed by atoms with Gasteiger partial charge in [0.15, 0.2) is 0 Å². The molecule has 0 aliphatic carbocycles. The Hall–Kier alpha value is -1.95. The molecule has 6 heteroatoms. The van der Waals surface area contributed by atoms with Crippen LogP contribution in [0.4, 0.5) is 5.82 Å². The molecule has 0 aromatic carbocycles. The first-order valence-electron chi connectivity index (χ1n) is 7.11. The smallest absolute Gasteiger partial charge is 0.237 e. The third-order valence-corrected chi connectivity index (χ3v) is 3.77. The maximum Gasteiger partial charge on any atom is 0.237 e. The molecule has 0 saturated carbocycles. The highest BCUT2D eigenvalue weighted by Gasteiger charge is 2.31. The van der Waals surface area contributed by atoms with Crippen LogP contribution in [0.3, 0.4) is 0 Å². The molecule has 6 nitrogen and oxygen atoms in total. The fraction of sp³-hybridized carbons (Fsp3) is 0.533. The molecule has 0 bridgehead atoms. The van der Waals surface area contributed by atoms with Gasteiger partial charge in [0.05, 0.1) is 6.04 Å². The summed E-state index contributed by atoms with van der Waals surface area (Å²) in [6.45, 7) is 2.60. The Morgan fingerprint density at radius 1 is 1.48 bits per heavy atom. The zero-order chi connectivity index (χ0) is 15.4. The van der Waals surface area contributed by atoms with Crippen LogP contribution in [0.1, 0.15) is 18.9 Å². The summed E-state index contributed by atoms with van der Waals surface area (Å²) in [6, 6.07) is 3.52. The number of carbonyl (C=O) groups excluding carboxylic acids is 2. The van der Waals surface area contributed by atoms with E-state index >= 15 is 0 Å². The molecule has 2 unspecified atom stereocenters. The summed E-state index contributed by atoms with van der Waals surface area (Å²) in [5.41, 5.74) is 0.969. The van der Waals surface area contributed by atoms with Crippen LogP contribution in [0.25, 0.3) is 0 Å². The number of Topliss-reactive ketones (excluding diaryl/α,β-unsaturated/α-hetero) is 1. The van der Waals surface area contributed by atoms with Gasteiger partial charge < -0.3 is 15.5 Å². The second kappa shape index (κ2) is 6.67. The molecule has 0 radical (unpaired) electrons. The molecule has 114 valence electrons. The van der Waals surface area contributed by atoms with E-state index in [0.717, 1.165) is 11.4 Å². The number of pyridine rings is 1. The van der Waals surface area contributed by atoms with Crippen LogP contribution < -0.4 is 15.5 Å². The van der Waals surface area contributed by atoms with E-state index in [9.17, 15) is 9.59 Å². The van der Waals surface area contributed by atoms with Gasteiger partial charge in [-0.25, -0.2) is 4.98 Å². The van der Waals surface area contributed by atoms with Crippen molar-refractivity contribution in [1.29, 1.82) is 0 Å². The Morgan fingerprint density at radius 2 is 2.24 bits per heavy atom. The van der Waals surface area contributed by atoms with Gasteiger partial charge in [0.25, 0.3) is 0 Å². The van der Waals surface area contributed by atoms with Crippen molar-refractivity contribution < 1.29 is 9.59 Å². The topological polar surface area (TPSA) is 74.3 Å². The number of ketones is 1. The summed E-state index contributed by atoms with van der Waals surface area (Å²) in [7, 11) is 3.84. The lowest BCUT2D eigenvalue weighted by Gasteiger charge is -2.17. The largest absolute Gasteiger partial charge is 0.362 e. The Kier molecular flexibility index (Phi) is 4.90. The number of hydrogen-bond donors (Lipinski definition) is 2. The number of rotatable bonds is 5. The highest BCUT2D eigenvalue weighted by Crippen LogP contribution is 2.16. The number of nitrogens with zero attached hydrogens (tertiary/aromatic N) is 2. The molecular weight excluding hydrogens is 268 g/mol. The first kappa shape index (κ1) is 15.4. The summed E-state index contributed by atoms with van der Waals surface area (Å²) in [5, 5.41) is 6.02. The Morgan fingerprint density at radius 3 is 2.86 bits per heavy atom. The lowest BCUT2D eigenvalue weighted by molar-refractivity contribution is -0.123. The average Bonchev–Trinajstić information content (AvgIpc) is 2.95. The average molecular weight is 290 g/mol. The molecule has 1 aliphatic rings. The number of carbonyl (C=O) groups is 2. The molecule has 1 amide bonds. The van der Waals surface area contributed by atoms with Crippen LogP contribution in [-0.4, -0.2) is 43.4 Å². The van der Waals surface area contributed by atoms with E-state index < -0.39 is 0 Å². The van der Waals surface area contributed by atoms with Crippen LogP contribution in [-0.2, 0) is 16.1 Å². The number of hydrogen-bond acceptors (Lipinski definition) is 5. The van der Waals surface area contributed by atoms with Gasteiger partial charge in [-0.15, -0.1) is 0 Å². The van der Waals surface area contributed by atoms with Gasteiger partial charge in [-0.2, -0.15) is 0 Å². The summed E-state index contributed by atoms with van der Waals surface area (Å²) < 4.78 is 0. The highest BCUT2D eigenvalue weighted by atomic mass is 16.2. The molecule has 1 aromatic rings. The van der Waals surface area contributed by atoms with Gasteiger partial charge in [-0.1, -0.05) is 6.07 Å². The fourth-order valence-electron chi connectivity index (χ4n) is 2.52. The van der Waals surface area contributed by atoms with Crippen LogP contribution >= 0.6 is 0 Å². The Balaban J connectivity index is 1.92. The molecule has 2 rings (SSSR count). The molecule has 2 heterocycles. The standard InChI is InChI=1S/C15H22N4O2/c1-10(20)12-7-13(17-9-12)15(21)18-8-11-5-4-6-16-14(11)19(2)3/h4-6,12-13,17H,7-9H2,1-3H3,(H,18,21). The predicted octanol–water partition coefficient (Wildman–Crippen LogP) is 0.331. The third kappa shape index (κ3) is 3.78. The monoisotopic (exact) mass is 290 g/mol. The molecule has 1 saturated heterocycles. The van der Waals surface area contributed by atoms with E-state index in [1.807, 2.05) is 31.1 Å². The van der Waals surface area contributed by atoms with E-state index in [4.69, 9.17) is 0 Å². The minimum Gasteiger partial charge on any atom is -0.362 e. The SMILES string of the molecule is CC(=O)C1CNC(C(=O)NCc2cccnc2N(C)C)C1. The number of anilines is 1. The molecule has 21 heavy (non-hydrogen) atoms.